The molecule has 0 bridgehead atoms. The zero-order valence-corrected chi connectivity index (χ0v) is 48.6. The lowest BCUT2D eigenvalue weighted by Gasteiger charge is -2.40. The SMILES string of the molecule is CCCCCCCCCCCCCCCCCCCCCCCCCCCCCCCCCC(O)C(=O)NC(COC1OC(CO)C(O)C(O)C1O)C(O)C(O)CCCCCCCCCCCCCCCCCC. The van der Waals surface area contributed by atoms with Crippen molar-refractivity contribution >= 4 is 5.91 Å². The Hall–Kier alpha value is -0.890. The van der Waals surface area contributed by atoms with Gasteiger partial charge in [-0.1, -0.05) is 316 Å². The van der Waals surface area contributed by atoms with Crippen LogP contribution in [0.4, 0.5) is 0 Å². The van der Waals surface area contributed by atoms with Crippen molar-refractivity contribution in [1.29, 1.82) is 0 Å². The number of carbonyl (C=O) groups is 1. The van der Waals surface area contributed by atoms with E-state index in [1.165, 1.54) is 250 Å². The molecule has 11 nitrogen and oxygen atoms in total. The zero-order valence-electron chi connectivity index (χ0n) is 48.6. The Morgan fingerprint density at radius 1 is 0.419 bits per heavy atom. The number of amides is 1. The van der Waals surface area contributed by atoms with E-state index in [0.29, 0.717) is 19.3 Å². The van der Waals surface area contributed by atoms with E-state index < -0.39 is 74.2 Å². The fourth-order valence-electron chi connectivity index (χ4n) is 10.9. The van der Waals surface area contributed by atoms with Crippen molar-refractivity contribution in [3.63, 3.8) is 0 Å². The van der Waals surface area contributed by atoms with E-state index in [9.17, 15) is 40.5 Å². The van der Waals surface area contributed by atoms with E-state index in [-0.39, 0.29) is 6.42 Å². The van der Waals surface area contributed by atoms with Gasteiger partial charge < -0.3 is 50.5 Å². The van der Waals surface area contributed by atoms with Gasteiger partial charge in [0.25, 0.3) is 0 Å². The van der Waals surface area contributed by atoms with Gasteiger partial charge in [0, 0.05) is 0 Å². The number of aliphatic hydroxyl groups excluding tert-OH is 7. The van der Waals surface area contributed by atoms with Gasteiger partial charge in [-0.3, -0.25) is 4.79 Å². The highest BCUT2D eigenvalue weighted by atomic mass is 16.7. The summed E-state index contributed by atoms with van der Waals surface area (Å²) in [6.07, 6.45) is 50.4. The lowest BCUT2D eigenvalue weighted by molar-refractivity contribution is -0.303. The minimum atomic E-state index is -1.66. The molecule has 0 radical (unpaired) electrons. The number of ether oxygens (including phenoxy) is 2. The van der Waals surface area contributed by atoms with Crippen molar-refractivity contribution < 1.29 is 50.0 Å². The Labute approximate surface area is 456 Å². The van der Waals surface area contributed by atoms with Gasteiger partial charge in [0.2, 0.25) is 5.91 Å². The molecule has 1 fully saturated rings. The van der Waals surface area contributed by atoms with Gasteiger partial charge in [-0.2, -0.15) is 0 Å². The molecule has 9 atom stereocenters. The minimum Gasteiger partial charge on any atom is -0.394 e. The second-order valence-electron chi connectivity index (χ2n) is 23.2. The molecule has 8 N–H and O–H groups in total. The zero-order chi connectivity index (χ0) is 54.0. The molecule has 1 saturated heterocycles. The maximum absolute atomic E-state index is 13.2. The van der Waals surface area contributed by atoms with Gasteiger partial charge in [0.15, 0.2) is 6.29 Å². The third kappa shape index (κ3) is 40.3. The third-order valence-corrected chi connectivity index (χ3v) is 16.2. The van der Waals surface area contributed by atoms with Crippen LogP contribution in [0.25, 0.3) is 0 Å². The number of nitrogens with one attached hydrogen (secondary N) is 1. The van der Waals surface area contributed by atoms with Crippen molar-refractivity contribution in [2.75, 3.05) is 13.2 Å². The predicted molar refractivity (Wildman–Crippen MR) is 307 cm³/mol. The molecule has 1 aliphatic heterocycles. The van der Waals surface area contributed by atoms with Gasteiger partial charge in [0.05, 0.1) is 25.4 Å². The van der Waals surface area contributed by atoms with Crippen molar-refractivity contribution in [2.24, 2.45) is 0 Å². The van der Waals surface area contributed by atoms with E-state index in [2.05, 4.69) is 19.2 Å². The van der Waals surface area contributed by atoms with Crippen LogP contribution in [0, 0.1) is 0 Å². The molecule has 0 aliphatic carbocycles. The standard InChI is InChI=1S/C63H125NO10/c1-3-5-7-9-11-13-15-17-19-21-22-23-24-25-26-27-28-29-30-31-32-33-34-35-37-39-41-43-45-47-49-51-56(67)62(72)64-54(53-73-63-61(71)60(70)59(69)57(52-65)74-63)58(68)55(66)50-48-46-44-42-40-38-36-20-18-16-14-12-10-8-6-4-2/h54-61,63,65-71H,3-53H2,1-2H3,(H,64,72). The fraction of sp³-hybridized carbons (Fsp3) is 0.984. The van der Waals surface area contributed by atoms with E-state index in [1.807, 2.05) is 0 Å². The molecule has 0 aromatic heterocycles. The fourth-order valence-corrected chi connectivity index (χ4v) is 10.9. The molecule has 74 heavy (non-hydrogen) atoms. The molecule has 1 rings (SSSR count). The summed E-state index contributed by atoms with van der Waals surface area (Å²) in [4.78, 5) is 13.2. The van der Waals surface area contributed by atoms with E-state index >= 15 is 0 Å². The lowest BCUT2D eigenvalue weighted by atomic mass is 9.98. The van der Waals surface area contributed by atoms with E-state index in [0.717, 1.165) is 38.5 Å². The molecule has 1 amide bonds. The molecule has 0 aromatic carbocycles. The van der Waals surface area contributed by atoms with Crippen LogP contribution >= 0.6 is 0 Å². The molecular formula is C63H125NO10. The first-order valence-electron chi connectivity index (χ1n) is 32.4. The molecule has 1 heterocycles. The number of unbranched alkanes of at least 4 members (excludes halogenated alkanes) is 45. The van der Waals surface area contributed by atoms with E-state index in [1.54, 1.807) is 0 Å². The summed E-state index contributed by atoms with van der Waals surface area (Å²) in [7, 11) is 0. The summed E-state index contributed by atoms with van der Waals surface area (Å²) < 4.78 is 11.2. The Morgan fingerprint density at radius 3 is 1.00 bits per heavy atom. The Balaban J connectivity index is 2.17. The number of aliphatic hydroxyl groups is 7. The molecule has 442 valence electrons. The summed E-state index contributed by atoms with van der Waals surface area (Å²) >= 11 is 0. The molecule has 0 aromatic rings. The maximum atomic E-state index is 13.2. The van der Waals surface area contributed by atoms with Gasteiger partial charge in [-0.15, -0.1) is 0 Å². The van der Waals surface area contributed by atoms with Crippen LogP contribution in [-0.4, -0.2) is 110 Å². The first-order valence-corrected chi connectivity index (χ1v) is 32.4. The second-order valence-corrected chi connectivity index (χ2v) is 23.2. The Morgan fingerprint density at radius 2 is 0.703 bits per heavy atom. The summed E-state index contributed by atoms with van der Waals surface area (Å²) in [6, 6.07) is -1.16. The number of carbonyl (C=O) groups excluding carboxylic acids is 1. The second kappa shape index (κ2) is 52.8. The van der Waals surface area contributed by atoms with Gasteiger partial charge in [-0.05, 0) is 12.8 Å². The molecule has 0 spiro atoms. The van der Waals surface area contributed by atoms with Crippen molar-refractivity contribution in [1.82, 2.24) is 5.32 Å². The number of hydrogen-bond acceptors (Lipinski definition) is 10. The summed E-state index contributed by atoms with van der Waals surface area (Å²) in [5.41, 5.74) is 0. The van der Waals surface area contributed by atoms with Gasteiger partial charge in [-0.25, -0.2) is 0 Å². The average molecular weight is 1060 g/mol. The lowest BCUT2D eigenvalue weighted by Crippen LogP contribution is -2.60. The van der Waals surface area contributed by atoms with E-state index in [4.69, 9.17) is 9.47 Å². The van der Waals surface area contributed by atoms with Crippen LogP contribution in [0.1, 0.15) is 328 Å². The minimum absolute atomic E-state index is 0.267. The monoisotopic (exact) mass is 1060 g/mol. The first-order chi connectivity index (χ1) is 36.2. The summed E-state index contributed by atoms with van der Waals surface area (Å²) in [6.45, 7) is 3.51. The van der Waals surface area contributed by atoms with Gasteiger partial charge >= 0.3 is 0 Å². The van der Waals surface area contributed by atoms with Crippen LogP contribution in [0.5, 0.6) is 0 Å². The third-order valence-electron chi connectivity index (χ3n) is 16.2. The quantitative estimate of drug-likeness (QED) is 0.0272. The normalized spacial score (nSPS) is 19.7. The maximum Gasteiger partial charge on any atom is 0.249 e. The molecular weight excluding hydrogens is 931 g/mol. The number of hydrogen-bond donors (Lipinski definition) is 8. The average Bonchev–Trinajstić information content (AvgIpc) is 3.40. The van der Waals surface area contributed by atoms with Crippen LogP contribution in [-0.2, 0) is 14.3 Å². The van der Waals surface area contributed by atoms with Gasteiger partial charge in [0.1, 0.15) is 36.6 Å². The highest BCUT2D eigenvalue weighted by molar-refractivity contribution is 5.80. The Bertz CT molecular complexity index is 1160. The van der Waals surface area contributed by atoms with Crippen LogP contribution in [0.2, 0.25) is 0 Å². The van der Waals surface area contributed by atoms with Crippen LogP contribution < -0.4 is 5.32 Å². The molecule has 0 saturated carbocycles. The molecule has 11 heteroatoms. The Kier molecular flexibility index (Phi) is 50.7. The number of rotatable bonds is 57. The van der Waals surface area contributed by atoms with Crippen LogP contribution in [0.3, 0.4) is 0 Å². The summed E-state index contributed by atoms with van der Waals surface area (Å²) in [5, 5.41) is 76.3. The van der Waals surface area contributed by atoms with Crippen molar-refractivity contribution in [3.05, 3.63) is 0 Å². The van der Waals surface area contributed by atoms with Crippen molar-refractivity contribution in [2.45, 2.75) is 384 Å². The smallest absolute Gasteiger partial charge is 0.249 e. The molecule has 9 unspecified atom stereocenters. The largest absolute Gasteiger partial charge is 0.394 e. The topological polar surface area (TPSA) is 189 Å². The highest BCUT2D eigenvalue weighted by Gasteiger charge is 2.44. The van der Waals surface area contributed by atoms with Crippen molar-refractivity contribution in [3.8, 4) is 0 Å². The molecule has 1 aliphatic rings. The highest BCUT2D eigenvalue weighted by Crippen LogP contribution is 2.24. The summed E-state index contributed by atoms with van der Waals surface area (Å²) in [5.74, 6) is -0.688. The predicted octanol–water partition coefficient (Wildman–Crippen LogP) is 14.5. The first kappa shape index (κ1) is 71.1. The van der Waals surface area contributed by atoms with Crippen LogP contribution in [0.15, 0.2) is 0 Å².